The van der Waals surface area contributed by atoms with E-state index in [1.807, 2.05) is 0 Å². The third-order valence-corrected chi connectivity index (χ3v) is 2.50. The molecule has 0 unspecified atom stereocenters. The zero-order valence-electron chi connectivity index (χ0n) is 9.60. The normalized spacial score (nSPS) is 10.7. The highest BCUT2D eigenvalue weighted by atomic mass is 16.3. The van der Waals surface area contributed by atoms with Crippen LogP contribution in [0.3, 0.4) is 0 Å². The highest BCUT2D eigenvalue weighted by Crippen LogP contribution is 2.18. The molecule has 1 heterocycles. The van der Waals surface area contributed by atoms with Crippen LogP contribution in [0.4, 0.5) is 5.69 Å². The maximum Gasteiger partial charge on any atom is 0.180 e. The van der Waals surface area contributed by atoms with Gasteiger partial charge in [-0.1, -0.05) is 26.0 Å². The van der Waals surface area contributed by atoms with Gasteiger partial charge in [0.25, 0.3) is 0 Å². The quantitative estimate of drug-likeness (QED) is 0.851. The molecule has 0 spiro atoms. The number of aromatic nitrogens is 1. The summed E-state index contributed by atoms with van der Waals surface area (Å²) < 4.78 is 5.16. The summed E-state index contributed by atoms with van der Waals surface area (Å²) in [5, 5.41) is 3.31. The van der Waals surface area contributed by atoms with Crippen molar-refractivity contribution in [3.05, 3.63) is 48.2 Å². The molecule has 2 rings (SSSR count). The lowest BCUT2D eigenvalue weighted by molar-refractivity contribution is 0.512. The summed E-state index contributed by atoms with van der Waals surface area (Å²) in [6, 6.07) is 8.44. The first-order valence-electron chi connectivity index (χ1n) is 5.47. The number of benzene rings is 1. The number of nitrogens with zero attached hydrogens (tertiary/aromatic N) is 1. The van der Waals surface area contributed by atoms with Crippen molar-refractivity contribution >= 4 is 5.69 Å². The molecule has 1 aromatic heterocycles. The summed E-state index contributed by atoms with van der Waals surface area (Å²) >= 11 is 0. The van der Waals surface area contributed by atoms with Crippen LogP contribution in [-0.2, 0) is 6.54 Å². The first-order valence-corrected chi connectivity index (χ1v) is 5.47. The summed E-state index contributed by atoms with van der Waals surface area (Å²) in [4.78, 5) is 3.87. The van der Waals surface area contributed by atoms with Gasteiger partial charge < -0.3 is 9.73 Å². The lowest BCUT2D eigenvalue weighted by Gasteiger charge is -2.09. The molecule has 3 nitrogen and oxygen atoms in total. The van der Waals surface area contributed by atoms with E-state index in [0.717, 1.165) is 11.4 Å². The predicted octanol–water partition coefficient (Wildman–Crippen LogP) is 3.41. The van der Waals surface area contributed by atoms with Crippen molar-refractivity contribution in [2.24, 2.45) is 0 Å². The Labute approximate surface area is 95.5 Å². The van der Waals surface area contributed by atoms with Gasteiger partial charge in [-0.3, -0.25) is 0 Å². The fourth-order valence-corrected chi connectivity index (χ4v) is 1.53. The van der Waals surface area contributed by atoms with E-state index in [-0.39, 0.29) is 0 Å². The number of hydrogen-bond donors (Lipinski definition) is 1. The number of rotatable bonds is 4. The smallest absolute Gasteiger partial charge is 0.180 e. The molecule has 0 aliphatic heterocycles. The zero-order chi connectivity index (χ0) is 11.4. The van der Waals surface area contributed by atoms with Gasteiger partial charge in [-0.05, 0) is 23.6 Å². The van der Waals surface area contributed by atoms with Crippen molar-refractivity contribution in [1.29, 1.82) is 0 Å². The Balaban J connectivity index is 2.01. The molecule has 0 aliphatic rings. The molecule has 3 heteroatoms. The average Bonchev–Trinajstić information content (AvgIpc) is 2.79. The Morgan fingerprint density at radius 2 is 2.25 bits per heavy atom. The summed E-state index contributed by atoms with van der Waals surface area (Å²) in [7, 11) is 0. The average molecular weight is 216 g/mol. The third-order valence-electron chi connectivity index (χ3n) is 2.50. The van der Waals surface area contributed by atoms with Crippen LogP contribution in [0.1, 0.15) is 31.1 Å². The minimum absolute atomic E-state index is 0.548. The van der Waals surface area contributed by atoms with Crippen LogP contribution in [0.2, 0.25) is 0 Å². The van der Waals surface area contributed by atoms with Gasteiger partial charge in [0.1, 0.15) is 5.76 Å². The molecular weight excluding hydrogens is 200 g/mol. The maximum absolute atomic E-state index is 5.16. The minimum Gasteiger partial charge on any atom is -0.447 e. The van der Waals surface area contributed by atoms with Crippen LogP contribution in [0.15, 0.2) is 41.3 Å². The summed E-state index contributed by atoms with van der Waals surface area (Å²) in [6.07, 6.45) is 3.17. The zero-order valence-corrected chi connectivity index (χ0v) is 9.60. The number of anilines is 1. The van der Waals surface area contributed by atoms with E-state index in [9.17, 15) is 0 Å². The molecular formula is C13H16N2O. The van der Waals surface area contributed by atoms with Crippen LogP contribution in [0.25, 0.3) is 0 Å². The molecule has 0 fully saturated rings. The van der Waals surface area contributed by atoms with E-state index in [0.29, 0.717) is 12.5 Å². The molecule has 0 bridgehead atoms. The van der Waals surface area contributed by atoms with Gasteiger partial charge in [0.15, 0.2) is 6.39 Å². The summed E-state index contributed by atoms with van der Waals surface area (Å²) in [5.41, 5.74) is 2.45. The van der Waals surface area contributed by atoms with E-state index in [2.05, 4.69) is 48.4 Å². The lowest BCUT2D eigenvalue weighted by atomic mass is 10.0. The number of hydrogen-bond acceptors (Lipinski definition) is 3. The molecule has 1 N–H and O–H groups in total. The van der Waals surface area contributed by atoms with Crippen molar-refractivity contribution in [1.82, 2.24) is 4.98 Å². The SMILES string of the molecule is CC(C)c1cccc(NCc2cnco2)c1. The molecule has 0 atom stereocenters. The van der Waals surface area contributed by atoms with Gasteiger partial charge in [-0.15, -0.1) is 0 Å². The molecule has 0 aliphatic carbocycles. The van der Waals surface area contributed by atoms with Crippen molar-refractivity contribution in [2.75, 3.05) is 5.32 Å². The molecule has 0 saturated carbocycles. The van der Waals surface area contributed by atoms with Gasteiger partial charge in [0.2, 0.25) is 0 Å². The standard InChI is InChI=1S/C13H16N2O/c1-10(2)11-4-3-5-12(6-11)15-8-13-7-14-9-16-13/h3-7,9-10,15H,8H2,1-2H3. The van der Waals surface area contributed by atoms with Gasteiger partial charge in [-0.25, -0.2) is 4.98 Å². The molecule has 1 aromatic carbocycles. The van der Waals surface area contributed by atoms with Gasteiger partial charge in [0.05, 0.1) is 12.7 Å². The Morgan fingerprint density at radius 3 is 2.94 bits per heavy atom. The van der Waals surface area contributed by atoms with Crippen molar-refractivity contribution in [3.63, 3.8) is 0 Å². The number of nitrogens with one attached hydrogen (secondary N) is 1. The molecule has 84 valence electrons. The molecule has 0 radical (unpaired) electrons. The highest BCUT2D eigenvalue weighted by molar-refractivity contribution is 5.46. The van der Waals surface area contributed by atoms with Crippen LogP contribution in [0, 0.1) is 0 Å². The Morgan fingerprint density at radius 1 is 1.38 bits per heavy atom. The van der Waals surface area contributed by atoms with Crippen LogP contribution in [-0.4, -0.2) is 4.98 Å². The molecule has 2 aromatic rings. The number of oxazole rings is 1. The monoisotopic (exact) mass is 216 g/mol. The summed E-state index contributed by atoms with van der Waals surface area (Å²) in [5.74, 6) is 1.39. The fraction of sp³-hybridized carbons (Fsp3) is 0.308. The maximum atomic E-state index is 5.16. The van der Waals surface area contributed by atoms with E-state index < -0.39 is 0 Å². The first kappa shape index (κ1) is 10.7. The second-order valence-electron chi connectivity index (χ2n) is 4.10. The van der Waals surface area contributed by atoms with Crippen LogP contribution in [0.5, 0.6) is 0 Å². The van der Waals surface area contributed by atoms with E-state index in [1.165, 1.54) is 12.0 Å². The van der Waals surface area contributed by atoms with Crippen LogP contribution < -0.4 is 5.32 Å². The lowest BCUT2D eigenvalue weighted by Crippen LogP contribution is -1.99. The Hall–Kier alpha value is -1.77. The van der Waals surface area contributed by atoms with Gasteiger partial charge >= 0.3 is 0 Å². The molecule has 0 amide bonds. The van der Waals surface area contributed by atoms with Crippen molar-refractivity contribution in [2.45, 2.75) is 26.3 Å². The van der Waals surface area contributed by atoms with E-state index >= 15 is 0 Å². The molecule has 0 saturated heterocycles. The van der Waals surface area contributed by atoms with Gasteiger partial charge in [-0.2, -0.15) is 0 Å². The largest absolute Gasteiger partial charge is 0.447 e. The van der Waals surface area contributed by atoms with E-state index in [4.69, 9.17) is 4.42 Å². The predicted molar refractivity (Wildman–Crippen MR) is 64.4 cm³/mol. The topological polar surface area (TPSA) is 38.1 Å². The highest BCUT2D eigenvalue weighted by Gasteiger charge is 2.01. The third kappa shape index (κ3) is 2.63. The summed E-state index contributed by atoms with van der Waals surface area (Å²) in [6.45, 7) is 5.05. The van der Waals surface area contributed by atoms with Crippen molar-refractivity contribution in [3.8, 4) is 0 Å². The van der Waals surface area contributed by atoms with Gasteiger partial charge in [0, 0.05) is 5.69 Å². The van der Waals surface area contributed by atoms with Crippen LogP contribution >= 0.6 is 0 Å². The van der Waals surface area contributed by atoms with Crippen molar-refractivity contribution < 1.29 is 4.42 Å². The first-order chi connectivity index (χ1) is 7.75. The fourth-order valence-electron chi connectivity index (χ4n) is 1.53. The van der Waals surface area contributed by atoms with E-state index in [1.54, 1.807) is 6.20 Å². The Bertz CT molecular complexity index is 435. The second kappa shape index (κ2) is 4.84. The molecule has 16 heavy (non-hydrogen) atoms. The minimum atomic E-state index is 0.548. The second-order valence-corrected chi connectivity index (χ2v) is 4.10. The Kier molecular flexibility index (Phi) is 3.25.